The van der Waals surface area contributed by atoms with Crippen LogP contribution in [0, 0.1) is 42.1 Å². The van der Waals surface area contributed by atoms with Crippen LogP contribution in [0.5, 0.6) is 0 Å². The molecule has 2 aliphatic carbocycles. The number of nitrogens with zero attached hydrogens (tertiary/aromatic N) is 2. The summed E-state index contributed by atoms with van der Waals surface area (Å²) >= 11 is 3.01. The van der Waals surface area contributed by atoms with Crippen molar-refractivity contribution in [2.24, 2.45) is 11.8 Å². The van der Waals surface area contributed by atoms with E-state index in [1.807, 2.05) is 6.07 Å². The van der Waals surface area contributed by atoms with E-state index in [9.17, 15) is 0 Å². The summed E-state index contributed by atoms with van der Waals surface area (Å²) in [7, 11) is 0. The van der Waals surface area contributed by atoms with E-state index in [1.54, 1.807) is 0 Å². The summed E-state index contributed by atoms with van der Waals surface area (Å²) in [5.41, 5.74) is 1.51. The van der Waals surface area contributed by atoms with Crippen LogP contribution in [-0.2, 0) is 0 Å². The summed E-state index contributed by atoms with van der Waals surface area (Å²) in [5, 5.41) is 9.41. The number of fused-ring (bicyclic) bond motifs is 2. The van der Waals surface area contributed by atoms with Gasteiger partial charge in [0.25, 0.3) is 5.70 Å². The van der Waals surface area contributed by atoms with Gasteiger partial charge in [0.1, 0.15) is 0 Å². The highest BCUT2D eigenvalue weighted by atomic mass is 79.9. The van der Waals surface area contributed by atoms with Crippen LogP contribution in [-0.4, -0.2) is 5.33 Å². The Balaban J connectivity index is 0.000000317. The van der Waals surface area contributed by atoms with E-state index in [1.165, 1.54) is 19.3 Å². The average molecular weight is 291 g/mol. The number of rotatable bonds is 0. The molecule has 0 aliphatic heterocycles. The molecule has 2 bridgehead atoms. The first-order valence-electron chi connectivity index (χ1n) is 5.74. The van der Waals surface area contributed by atoms with Crippen LogP contribution in [0.1, 0.15) is 32.1 Å². The van der Waals surface area contributed by atoms with Crippen molar-refractivity contribution in [3.8, 4) is 18.4 Å². The van der Waals surface area contributed by atoms with Gasteiger partial charge in [-0.2, -0.15) is 0 Å². The fourth-order valence-electron chi connectivity index (χ4n) is 2.71. The molecule has 0 spiro atoms. The molecule has 3 heteroatoms. The summed E-state index contributed by atoms with van der Waals surface area (Å²) in [6.45, 7) is 6.89. The van der Waals surface area contributed by atoms with Crippen molar-refractivity contribution in [2.75, 3.05) is 5.33 Å². The predicted octanol–water partition coefficient (Wildman–Crippen LogP) is 3.91. The highest BCUT2D eigenvalue weighted by Gasteiger charge is 2.32. The Morgan fingerprint density at radius 3 is 2.35 bits per heavy atom. The van der Waals surface area contributed by atoms with Gasteiger partial charge in [-0.15, -0.1) is 6.42 Å². The second-order valence-corrected chi connectivity index (χ2v) is 5.03. The number of halogens is 1. The van der Waals surface area contributed by atoms with Crippen molar-refractivity contribution in [3.05, 3.63) is 22.7 Å². The van der Waals surface area contributed by atoms with Crippen LogP contribution >= 0.6 is 15.9 Å². The van der Waals surface area contributed by atoms with Crippen molar-refractivity contribution in [1.29, 1.82) is 5.26 Å². The first-order chi connectivity index (χ1) is 8.24. The van der Waals surface area contributed by atoms with Gasteiger partial charge in [0.05, 0.1) is 18.0 Å². The van der Waals surface area contributed by atoms with Crippen LogP contribution in [0.3, 0.4) is 0 Å². The van der Waals surface area contributed by atoms with E-state index in [4.69, 9.17) is 18.3 Å². The monoisotopic (exact) mass is 290 g/mol. The Bertz CT molecular complexity index is 387. The van der Waals surface area contributed by atoms with Crippen LogP contribution in [0.4, 0.5) is 0 Å². The quantitative estimate of drug-likeness (QED) is 0.288. The van der Waals surface area contributed by atoms with E-state index in [0.29, 0.717) is 11.0 Å². The van der Waals surface area contributed by atoms with Crippen LogP contribution < -0.4 is 0 Å². The molecule has 0 saturated heterocycles. The SMILES string of the molecule is C#CCBr.[C-]#[N+]C(C#N)=C1CC2CCC(C1)C2. The van der Waals surface area contributed by atoms with E-state index in [-0.39, 0.29) is 0 Å². The molecule has 2 aliphatic rings. The van der Waals surface area contributed by atoms with Crippen molar-refractivity contribution < 1.29 is 0 Å². The zero-order valence-corrected chi connectivity index (χ0v) is 11.3. The van der Waals surface area contributed by atoms with Gasteiger partial charge in [0.15, 0.2) is 0 Å². The minimum atomic E-state index is 0.372. The fraction of sp³-hybridized carbons (Fsp3) is 0.571. The molecule has 2 atom stereocenters. The largest absolute Gasteiger partial charge is 0.261 e. The van der Waals surface area contributed by atoms with E-state index >= 15 is 0 Å². The topological polar surface area (TPSA) is 28.1 Å². The second-order valence-electron chi connectivity index (χ2n) is 4.47. The standard InChI is InChI=1S/C11H12N2.C3H3Br/c1-13-11(7-12)10-5-8-2-3-9(4-8)6-10;1-2-3-4/h8-9H,2-6H2;1H,3H2. The van der Waals surface area contributed by atoms with Gasteiger partial charge < -0.3 is 0 Å². The molecule has 0 aromatic heterocycles. The molecule has 0 N–H and O–H groups in total. The van der Waals surface area contributed by atoms with Crippen LogP contribution in [0.25, 0.3) is 4.85 Å². The molecular weight excluding hydrogens is 276 g/mol. The maximum atomic E-state index is 8.75. The molecule has 0 heterocycles. The smallest absolute Gasteiger partial charge is 0.227 e. The summed E-state index contributed by atoms with van der Waals surface area (Å²) in [4.78, 5) is 3.30. The third kappa shape index (κ3) is 3.92. The van der Waals surface area contributed by atoms with Crippen LogP contribution in [0.2, 0.25) is 0 Å². The maximum absolute atomic E-state index is 8.75. The minimum Gasteiger partial charge on any atom is -0.227 e. The van der Waals surface area contributed by atoms with Gasteiger partial charge in [-0.05, 0) is 43.9 Å². The summed E-state index contributed by atoms with van der Waals surface area (Å²) in [6, 6.07) is 2.02. The Morgan fingerprint density at radius 2 is 2.00 bits per heavy atom. The Hall–Kier alpha value is -1.24. The molecule has 0 aromatic carbocycles. The van der Waals surface area contributed by atoms with Gasteiger partial charge in [-0.3, -0.25) is 0 Å². The maximum Gasteiger partial charge on any atom is 0.261 e. The first-order valence-corrected chi connectivity index (χ1v) is 6.86. The van der Waals surface area contributed by atoms with E-state index in [0.717, 1.165) is 30.3 Å². The van der Waals surface area contributed by atoms with Gasteiger partial charge in [-0.25, -0.2) is 10.1 Å². The average Bonchev–Trinajstić information content (AvgIpc) is 2.70. The molecule has 88 valence electrons. The highest BCUT2D eigenvalue weighted by molar-refractivity contribution is 9.09. The molecule has 17 heavy (non-hydrogen) atoms. The lowest BCUT2D eigenvalue weighted by molar-refractivity contribution is 0.425. The second kappa shape index (κ2) is 7.16. The number of allylic oxidation sites excluding steroid dienone is 2. The first kappa shape index (κ1) is 13.8. The number of alkyl halides is 1. The number of hydrogen-bond acceptors (Lipinski definition) is 1. The Labute approximate surface area is 112 Å². The lowest BCUT2D eigenvalue weighted by Gasteiger charge is -2.21. The Kier molecular flexibility index (Phi) is 5.82. The van der Waals surface area contributed by atoms with Gasteiger partial charge in [-0.1, -0.05) is 27.4 Å². The van der Waals surface area contributed by atoms with Crippen molar-refractivity contribution in [3.63, 3.8) is 0 Å². The summed E-state index contributed by atoms with van der Waals surface area (Å²) < 4.78 is 0. The molecule has 2 fully saturated rings. The third-order valence-electron chi connectivity index (χ3n) is 3.35. The predicted molar refractivity (Wildman–Crippen MR) is 71.9 cm³/mol. The lowest BCUT2D eigenvalue weighted by Crippen LogP contribution is -2.08. The van der Waals surface area contributed by atoms with Crippen molar-refractivity contribution in [1.82, 2.24) is 0 Å². The fourth-order valence-corrected chi connectivity index (χ4v) is 2.71. The van der Waals surface area contributed by atoms with E-state index in [2.05, 4.69) is 26.7 Å². The number of hydrogen-bond donors (Lipinski definition) is 0. The van der Waals surface area contributed by atoms with E-state index < -0.39 is 0 Å². The van der Waals surface area contributed by atoms with Crippen molar-refractivity contribution >= 4 is 15.9 Å². The molecule has 0 aromatic rings. The van der Waals surface area contributed by atoms with Crippen LogP contribution in [0.15, 0.2) is 11.3 Å². The highest BCUT2D eigenvalue weighted by Crippen LogP contribution is 2.45. The lowest BCUT2D eigenvalue weighted by atomic mass is 9.84. The molecule has 0 radical (unpaired) electrons. The Morgan fingerprint density at radius 1 is 1.47 bits per heavy atom. The minimum absolute atomic E-state index is 0.372. The third-order valence-corrected chi connectivity index (χ3v) is 3.67. The van der Waals surface area contributed by atoms with Gasteiger partial charge in [0.2, 0.25) is 0 Å². The molecule has 2 rings (SSSR count). The van der Waals surface area contributed by atoms with Crippen molar-refractivity contribution in [2.45, 2.75) is 32.1 Å². The summed E-state index contributed by atoms with van der Waals surface area (Å²) in [6.07, 6.45) is 10.7. The molecule has 2 nitrogen and oxygen atoms in total. The molecule has 0 amide bonds. The van der Waals surface area contributed by atoms with Gasteiger partial charge >= 0.3 is 0 Å². The molecule has 2 unspecified atom stereocenters. The normalized spacial score (nSPS) is 24.7. The molecular formula is C14H15BrN2. The zero-order chi connectivity index (χ0) is 12.7. The number of terminal acetylenes is 1. The number of nitriles is 1. The molecule has 2 saturated carbocycles. The van der Waals surface area contributed by atoms with Gasteiger partial charge in [0, 0.05) is 0 Å². The zero-order valence-electron chi connectivity index (χ0n) is 9.75. The summed E-state index contributed by atoms with van der Waals surface area (Å²) in [5.74, 6) is 3.90.